The van der Waals surface area contributed by atoms with Crippen LogP contribution in [-0.2, 0) is 11.3 Å². The van der Waals surface area contributed by atoms with Crippen molar-refractivity contribution < 1.29 is 9.53 Å². The highest BCUT2D eigenvalue weighted by atomic mass is 32.1. The van der Waals surface area contributed by atoms with Gasteiger partial charge in [0.05, 0.1) is 0 Å². The molecule has 0 aliphatic rings. The van der Waals surface area contributed by atoms with E-state index in [2.05, 4.69) is 17.9 Å². The van der Waals surface area contributed by atoms with Gasteiger partial charge < -0.3 is 10.1 Å². The fourth-order valence-corrected chi connectivity index (χ4v) is 1.26. The summed E-state index contributed by atoms with van der Waals surface area (Å²) in [7, 11) is 0. The van der Waals surface area contributed by atoms with Crippen molar-refractivity contribution in [3.05, 3.63) is 35.4 Å². The molecule has 0 radical (unpaired) electrons. The van der Waals surface area contributed by atoms with Gasteiger partial charge in [0.2, 0.25) is 0 Å². The van der Waals surface area contributed by atoms with E-state index in [4.69, 9.17) is 4.74 Å². The van der Waals surface area contributed by atoms with Gasteiger partial charge in [-0.15, -0.1) is 0 Å². The average molecular weight is 225 g/mol. The van der Waals surface area contributed by atoms with E-state index in [0.717, 1.165) is 11.1 Å². The largest absolute Gasteiger partial charge is 0.449 e. The molecule has 1 N–H and O–H groups in total. The highest BCUT2D eigenvalue weighted by Gasteiger charge is 2.02. The van der Waals surface area contributed by atoms with Crippen LogP contribution < -0.4 is 5.32 Å². The van der Waals surface area contributed by atoms with E-state index in [1.165, 1.54) is 0 Å². The summed E-state index contributed by atoms with van der Waals surface area (Å²) in [4.78, 5) is 11.1. The Labute approximate surface area is 95.2 Å². The lowest BCUT2D eigenvalue weighted by atomic mass is 10.1. The van der Waals surface area contributed by atoms with Crippen molar-refractivity contribution in [1.29, 1.82) is 0 Å². The average Bonchev–Trinajstić information content (AvgIpc) is 2.25. The van der Waals surface area contributed by atoms with Gasteiger partial charge in [-0.1, -0.05) is 24.3 Å². The van der Waals surface area contributed by atoms with Crippen molar-refractivity contribution in [3.63, 3.8) is 0 Å². The molecular formula is C11H15NO2S. The second-order valence-corrected chi connectivity index (χ2v) is 3.59. The lowest BCUT2D eigenvalue weighted by molar-refractivity contribution is 0.153. The number of alkyl carbamates (subject to hydrolysis) is 1. The summed E-state index contributed by atoms with van der Waals surface area (Å²) >= 11 is 3.94. The molecule has 1 amide bonds. The number of carbonyl (C=O) groups excluding carboxylic acids is 1. The number of hydrogen-bond acceptors (Lipinski definition) is 3. The molecule has 0 heterocycles. The minimum absolute atomic E-state index is 0.336. The van der Waals surface area contributed by atoms with Crippen LogP contribution in [0.25, 0.3) is 0 Å². The number of benzene rings is 1. The molecule has 0 atom stereocenters. The van der Waals surface area contributed by atoms with Gasteiger partial charge in [0.25, 0.3) is 0 Å². The molecule has 0 unspecified atom stereocenters. The maximum Gasteiger partial charge on any atom is 0.407 e. The molecule has 1 rings (SSSR count). The maximum absolute atomic E-state index is 11.1. The molecule has 1 aromatic carbocycles. The fraction of sp³-hybridized carbons (Fsp3) is 0.364. The predicted octanol–water partition coefficient (Wildman–Crippen LogP) is 2.15. The van der Waals surface area contributed by atoms with Crippen LogP contribution in [-0.4, -0.2) is 18.5 Å². The Morgan fingerprint density at radius 1 is 1.47 bits per heavy atom. The number of hydrogen-bond donors (Lipinski definition) is 2. The van der Waals surface area contributed by atoms with Crippen LogP contribution in [0.2, 0.25) is 0 Å². The zero-order valence-corrected chi connectivity index (χ0v) is 9.59. The first-order valence-corrected chi connectivity index (χ1v) is 5.43. The molecule has 3 nitrogen and oxygen atoms in total. The minimum Gasteiger partial charge on any atom is -0.449 e. The Kier molecular flexibility index (Phi) is 5.04. The number of nitrogens with one attached hydrogen (secondary N) is 1. The summed E-state index contributed by atoms with van der Waals surface area (Å²) in [6.07, 6.45) is -0.396. The number of carbonyl (C=O) groups is 1. The van der Waals surface area contributed by atoms with E-state index in [1.54, 1.807) is 0 Å². The number of ether oxygens (including phenoxy) is 1. The first kappa shape index (κ1) is 11.9. The van der Waals surface area contributed by atoms with E-state index >= 15 is 0 Å². The van der Waals surface area contributed by atoms with Gasteiger partial charge in [-0.3, -0.25) is 0 Å². The van der Waals surface area contributed by atoms with E-state index in [9.17, 15) is 4.79 Å². The SMILES string of the molecule is Cc1ccccc1CNC(=O)OCCS. The molecule has 82 valence electrons. The lowest BCUT2D eigenvalue weighted by Gasteiger charge is -2.07. The van der Waals surface area contributed by atoms with E-state index in [-0.39, 0.29) is 0 Å². The normalized spacial score (nSPS) is 9.73. The zero-order chi connectivity index (χ0) is 11.1. The summed E-state index contributed by atoms with van der Waals surface area (Å²) in [5.41, 5.74) is 2.26. The molecule has 4 heteroatoms. The molecule has 0 aliphatic carbocycles. The Bertz CT molecular complexity index is 328. The number of rotatable bonds is 4. The van der Waals surface area contributed by atoms with Gasteiger partial charge in [-0.05, 0) is 18.1 Å². The topological polar surface area (TPSA) is 38.3 Å². The third kappa shape index (κ3) is 4.25. The number of amides is 1. The summed E-state index contributed by atoms with van der Waals surface area (Å²) in [6, 6.07) is 7.91. The molecule has 0 bridgehead atoms. The smallest absolute Gasteiger partial charge is 0.407 e. The van der Waals surface area contributed by atoms with Crippen molar-refractivity contribution in [2.24, 2.45) is 0 Å². The second kappa shape index (κ2) is 6.35. The third-order valence-electron chi connectivity index (χ3n) is 2.01. The van der Waals surface area contributed by atoms with Crippen LogP contribution in [0.15, 0.2) is 24.3 Å². The van der Waals surface area contributed by atoms with Crippen molar-refractivity contribution in [1.82, 2.24) is 5.32 Å². The van der Waals surface area contributed by atoms with Crippen LogP contribution in [0.3, 0.4) is 0 Å². The highest BCUT2D eigenvalue weighted by Crippen LogP contribution is 2.05. The molecule has 0 saturated carbocycles. The number of thiol groups is 1. The summed E-state index contributed by atoms with van der Waals surface area (Å²) in [5, 5.41) is 2.68. The predicted molar refractivity (Wildman–Crippen MR) is 63.2 cm³/mol. The van der Waals surface area contributed by atoms with Crippen LogP contribution in [0.5, 0.6) is 0 Å². The quantitative estimate of drug-likeness (QED) is 0.771. The van der Waals surface area contributed by atoms with Crippen molar-refractivity contribution in [2.45, 2.75) is 13.5 Å². The lowest BCUT2D eigenvalue weighted by Crippen LogP contribution is -2.24. The fourth-order valence-electron chi connectivity index (χ4n) is 1.17. The van der Waals surface area contributed by atoms with E-state index in [0.29, 0.717) is 18.9 Å². The van der Waals surface area contributed by atoms with Gasteiger partial charge >= 0.3 is 6.09 Å². The zero-order valence-electron chi connectivity index (χ0n) is 8.69. The van der Waals surface area contributed by atoms with Gasteiger partial charge in [-0.2, -0.15) is 12.6 Å². The monoisotopic (exact) mass is 225 g/mol. The van der Waals surface area contributed by atoms with Crippen LogP contribution in [0.4, 0.5) is 4.79 Å². The standard InChI is InChI=1S/C11H15NO2S/c1-9-4-2-3-5-10(9)8-12-11(13)14-6-7-15/h2-5,15H,6-8H2,1H3,(H,12,13). The highest BCUT2D eigenvalue weighted by molar-refractivity contribution is 7.80. The van der Waals surface area contributed by atoms with E-state index < -0.39 is 6.09 Å². The molecule has 0 saturated heterocycles. The summed E-state index contributed by atoms with van der Waals surface area (Å²) in [6.45, 7) is 2.84. The molecule has 1 aromatic rings. The summed E-state index contributed by atoms with van der Waals surface area (Å²) < 4.78 is 4.83. The Balaban J connectivity index is 2.37. The van der Waals surface area contributed by atoms with Crippen LogP contribution in [0, 0.1) is 6.92 Å². The molecular weight excluding hydrogens is 210 g/mol. The first-order valence-electron chi connectivity index (χ1n) is 4.80. The summed E-state index contributed by atoms with van der Waals surface area (Å²) in [5.74, 6) is 0.539. The Morgan fingerprint density at radius 3 is 2.87 bits per heavy atom. The van der Waals surface area contributed by atoms with Crippen LogP contribution in [0.1, 0.15) is 11.1 Å². The van der Waals surface area contributed by atoms with Gasteiger partial charge in [0, 0.05) is 12.3 Å². The Hall–Kier alpha value is -1.16. The minimum atomic E-state index is -0.396. The number of aryl methyl sites for hydroxylation is 1. The first-order chi connectivity index (χ1) is 7.24. The maximum atomic E-state index is 11.1. The van der Waals surface area contributed by atoms with Crippen molar-refractivity contribution in [3.8, 4) is 0 Å². The molecule has 0 spiro atoms. The molecule has 15 heavy (non-hydrogen) atoms. The molecule has 0 aliphatic heterocycles. The third-order valence-corrected chi connectivity index (χ3v) is 2.19. The molecule has 0 aromatic heterocycles. The second-order valence-electron chi connectivity index (χ2n) is 3.14. The van der Waals surface area contributed by atoms with Gasteiger partial charge in [0.1, 0.15) is 6.61 Å². The van der Waals surface area contributed by atoms with Crippen molar-refractivity contribution >= 4 is 18.7 Å². The Morgan fingerprint density at radius 2 is 2.20 bits per heavy atom. The van der Waals surface area contributed by atoms with Gasteiger partial charge in [-0.25, -0.2) is 4.79 Å². The van der Waals surface area contributed by atoms with E-state index in [1.807, 2.05) is 31.2 Å². The van der Waals surface area contributed by atoms with Gasteiger partial charge in [0.15, 0.2) is 0 Å². The van der Waals surface area contributed by atoms with Crippen LogP contribution >= 0.6 is 12.6 Å². The molecule has 0 fully saturated rings. The van der Waals surface area contributed by atoms with Crippen molar-refractivity contribution in [2.75, 3.05) is 12.4 Å².